The number of rotatable bonds is 1. The molecule has 0 amide bonds. The van der Waals surface area contributed by atoms with E-state index in [4.69, 9.17) is 27.9 Å². The average Bonchev–Trinajstić information content (AvgIpc) is 3.16. The zero-order chi connectivity index (χ0) is 18.1. The quantitative estimate of drug-likeness (QED) is 0.443. The molecule has 0 unspecified atom stereocenters. The van der Waals surface area contributed by atoms with Crippen molar-refractivity contribution < 1.29 is 14.7 Å². The molecule has 5 rings (SSSR count). The molecular formula is C21H15Cl3NTi. The second-order valence-electron chi connectivity index (χ2n) is 6.04. The van der Waals surface area contributed by atoms with Crippen molar-refractivity contribution in [2.75, 3.05) is 0 Å². The van der Waals surface area contributed by atoms with Gasteiger partial charge in [-0.15, -0.1) is 0 Å². The minimum atomic E-state index is -1.92. The Morgan fingerprint density at radius 3 is 2.35 bits per heavy atom. The molecule has 0 saturated heterocycles. The number of nitrogens with zero attached hydrogens (tertiary/aromatic N) is 1. The van der Waals surface area contributed by atoms with Crippen LogP contribution < -0.4 is 10.6 Å². The summed E-state index contributed by atoms with van der Waals surface area (Å²) in [6.07, 6.45) is 9.99. The zero-order valence-corrected chi connectivity index (χ0v) is 17.6. The fourth-order valence-corrected chi connectivity index (χ4v) is 3.67. The molecule has 0 aliphatic heterocycles. The number of hydrogen-bond acceptors (Lipinski definition) is 0. The van der Waals surface area contributed by atoms with Gasteiger partial charge in [-0.1, -0.05) is 54.6 Å². The van der Waals surface area contributed by atoms with Crippen molar-refractivity contribution in [1.29, 1.82) is 0 Å². The molecule has 26 heavy (non-hydrogen) atoms. The Labute approximate surface area is 170 Å². The fourth-order valence-electron chi connectivity index (χ4n) is 3.67. The van der Waals surface area contributed by atoms with Gasteiger partial charge in [-0.2, -0.15) is 0 Å². The summed E-state index contributed by atoms with van der Waals surface area (Å²) in [5, 5.41) is 4.08. The van der Waals surface area contributed by atoms with E-state index in [1.165, 1.54) is 38.3 Å². The summed E-state index contributed by atoms with van der Waals surface area (Å²) in [5.74, 6) is 0. The van der Waals surface area contributed by atoms with Gasteiger partial charge in [0.1, 0.15) is 0 Å². The molecule has 0 saturated carbocycles. The first-order chi connectivity index (χ1) is 12.7. The van der Waals surface area contributed by atoms with Crippen LogP contribution in [0.5, 0.6) is 0 Å². The minimum absolute atomic E-state index is 1.03. The predicted molar refractivity (Wildman–Crippen MR) is 110 cm³/mol. The molecule has 0 N–H and O–H groups in total. The molecule has 0 bridgehead atoms. The maximum atomic E-state index is 4.97. The summed E-state index contributed by atoms with van der Waals surface area (Å²) in [7, 11) is 14.9. The van der Waals surface area contributed by atoms with Gasteiger partial charge in [0.25, 0.3) is 0 Å². The van der Waals surface area contributed by atoms with E-state index in [1.54, 1.807) is 0 Å². The van der Waals surface area contributed by atoms with Crippen molar-refractivity contribution in [1.82, 2.24) is 4.57 Å². The number of para-hydroxylation sites is 2. The van der Waals surface area contributed by atoms with E-state index >= 15 is 0 Å². The second-order valence-corrected chi connectivity index (χ2v) is 13.8. The van der Waals surface area contributed by atoms with E-state index in [0.29, 0.717) is 0 Å². The molecule has 1 aromatic heterocycles. The molecule has 0 radical (unpaired) electrons. The second kappa shape index (κ2) is 7.80. The van der Waals surface area contributed by atoms with Crippen molar-refractivity contribution in [3.8, 4) is 5.69 Å². The SMILES string of the molecule is C1=CCC2=c3c(n(-c4ccccc4)c4ccccc34)=CC2=C1.[Cl][Ti]([Cl])[Cl]. The first-order valence-corrected chi connectivity index (χ1v) is 14.7. The molecule has 2 aliphatic carbocycles. The molecule has 2 aromatic carbocycles. The predicted octanol–water partition coefficient (Wildman–Crippen LogP) is 5.53. The fraction of sp³-hybridized carbons (Fsp3) is 0.0476. The van der Waals surface area contributed by atoms with Gasteiger partial charge in [0.05, 0.1) is 10.9 Å². The Bertz CT molecular complexity index is 1140. The molecule has 1 nitrogen and oxygen atoms in total. The van der Waals surface area contributed by atoms with Crippen molar-refractivity contribution in [2.45, 2.75) is 6.42 Å². The van der Waals surface area contributed by atoms with Gasteiger partial charge in [-0.3, -0.25) is 0 Å². The van der Waals surface area contributed by atoms with E-state index in [2.05, 4.69) is 83.5 Å². The standard InChI is InChI=1S/C21H15N.3ClH.Ti/c1-2-9-16(10-3-1)22-19-13-7-6-12-18(19)21-17-11-5-4-8-15(17)14-20(21)22;;;;/h1-10,12-14H,11H2;3*1H;/q;;;;+3/p-3. The first-order valence-electron chi connectivity index (χ1n) is 8.27. The first kappa shape index (κ1) is 18.2. The number of halogens is 3. The number of hydrogen-bond donors (Lipinski definition) is 0. The maximum absolute atomic E-state index is 4.97. The van der Waals surface area contributed by atoms with E-state index in [0.717, 1.165) is 6.42 Å². The normalized spacial score (nSPS) is 14.1. The monoisotopic (exact) mass is 434 g/mol. The summed E-state index contributed by atoms with van der Waals surface area (Å²) in [4.78, 5) is 0. The van der Waals surface area contributed by atoms with Crippen LogP contribution in [0.4, 0.5) is 0 Å². The number of benzene rings is 2. The van der Waals surface area contributed by atoms with E-state index < -0.39 is 14.7 Å². The average molecular weight is 436 g/mol. The Kier molecular flexibility index (Phi) is 5.45. The van der Waals surface area contributed by atoms with E-state index in [1.807, 2.05) is 0 Å². The summed E-state index contributed by atoms with van der Waals surface area (Å²) in [6, 6.07) is 19.4. The van der Waals surface area contributed by atoms with Crippen LogP contribution in [0.1, 0.15) is 6.42 Å². The summed E-state index contributed by atoms with van der Waals surface area (Å²) in [6.45, 7) is 0. The van der Waals surface area contributed by atoms with Gasteiger partial charge >= 0.3 is 42.6 Å². The van der Waals surface area contributed by atoms with E-state index in [9.17, 15) is 0 Å². The number of aromatic nitrogens is 1. The van der Waals surface area contributed by atoms with Crippen LogP contribution in [-0.2, 0) is 14.7 Å². The zero-order valence-electron chi connectivity index (χ0n) is 13.8. The molecule has 5 heteroatoms. The van der Waals surface area contributed by atoms with Crippen LogP contribution in [0, 0.1) is 0 Å². The third-order valence-electron chi connectivity index (χ3n) is 4.60. The van der Waals surface area contributed by atoms with Crippen molar-refractivity contribution in [2.24, 2.45) is 0 Å². The third kappa shape index (κ3) is 3.35. The molecule has 129 valence electrons. The Morgan fingerprint density at radius 1 is 0.885 bits per heavy atom. The molecular weight excluding hydrogens is 420 g/mol. The van der Waals surface area contributed by atoms with Gasteiger partial charge in [-0.25, -0.2) is 0 Å². The Balaban J connectivity index is 0.000000385. The molecule has 1 heterocycles. The van der Waals surface area contributed by atoms with Gasteiger partial charge < -0.3 is 4.57 Å². The van der Waals surface area contributed by atoms with Gasteiger partial charge in [-0.05, 0) is 41.8 Å². The van der Waals surface area contributed by atoms with Gasteiger partial charge in [0, 0.05) is 16.3 Å². The topological polar surface area (TPSA) is 4.93 Å². The van der Waals surface area contributed by atoms with Crippen LogP contribution in [-0.4, -0.2) is 4.57 Å². The molecule has 3 aromatic rings. The number of fused-ring (bicyclic) bond motifs is 4. The Morgan fingerprint density at radius 2 is 1.58 bits per heavy atom. The van der Waals surface area contributed by atoms with Crippen molar-refractivity contribution in [3.63, 3.8) is 0 Å². The molecule has 0 spiro atoms. The number of allylic oxidation sites excluding steroid dienone is 4. The molecule has 0 fully saturated rings. The van der Waals surface area contributed by atoms with Gasteiger partial charge in [0.2, 0.25) is 0 Å². The van der Waals surface area contributed by atoms with E-state index in [-0.39, 0.29) is 0 Å². The van der Waals surface area contributed by atoms with Crippen molar-refractivity contribution in [3.05, 3.63) is 89.0 Å². The van der Waals surface area contributed by atoms with Crippen LogP contribution in [0.15, 0.2) is 78.4 Å². The summed E-state index contributed by atoms with van der Waals surface area (Å²) < 4.78 is 2.39. The van der Waals surface area contributed by atoms with Crippen LogP contribution in [0.3, 0.4) is 0 Å². The summed E-state index contributed by atoms with van der Waals surface area (Å²) >= 11 is -1.92. The molecule has 2 aliphatic rings. The Hall–Kier alpha value is -1.22. The van der Waals surface area contributed by atoms with Crippen LogP contribution in [0.25, 0.3) is 28.2 Å². The summed E-state index contributed by atoms with van der Waals surface area (Å²) in [5.41, 5.74) is 5.34. The van der Waals surface area contributed by atoms with Gasteiger partial charge in [0.15, 0.2) is 0 Å². The van der Waals surface area contributed by atoms with Crippen molar-refractivity contribution >= 4 is 50.5 Å². The van der Waals surface area contributed by atoms with Crippen LogP contribution in [0.2, 0.25) is 0 Å². The third-order valence-corrected chi connectivity index (χ3v) is 4.60. The molecule has 0 atom stereocenters. The van der Waals surface area contributed by atoms with Crippen LogP contribution >= 0.6 is 27.9 Å².